The van der Waals surface area contributed by atoms with Gasteiger partial charge in [-0.2, -0.15) is 0 Å². The van der Waals surface area contributed by atoms with Crippen molar-refractivity contribution in [3.05, 3.63) is 21.9 Å². The fourth-order valence-corrected chi connectivity index (χ4v) is 3.07. The second-order valence-corrected chi connectivity index (χ2v) is 6.03. The predicted octanol–water partition coefficient (Wildman–Crippen LogP) is 5.07. The number of rotatable bonds is 7. The summed E-state index contributed by atoms with van der Waals surface area (Å²) in [4.78, 5) is 3.15. The molecule has 1 aromatic heterocycles. The first-order valence-corrected chi connectivity index (χ1v) is 7.11. The Morgan fingerprint density at radius 3 is 2.47 bits per heavy atom. The highest BCUT2D eigenvalue weighted by molar-refractivity contribution is 7.11. The minimum Gasteiger partial charge on any atom is -0.145 e. The van der Waals surface area contributed by atoms with E-state index in [1.54, 1.807) is 9.75 Å². The molecule has 0 radical (unpaired) electrons. The Labute approximate surface area is 98.7 Å². The van der Waals surface area contributed by atoms with Gasteiger partial charge in [0.2, 0.25) is 0 Å². The summed E-state index contributed by atoms with van der Waals surface area (Å²) in [6, 6.07) is 4.65. The molecule has 0 bridgehead atoms. The average molecular weight is 224 g/mol. The molecule has 1 heteroatoms. The molecule has 0 saturated heterocycles. The van der Waals surface area contributed by atoms with E-state index in [4.69, 9.17) is 0 Å². The Kier molecular flexibility index (Phi) is 6.00. The van der Waals surface area contributed by atoms with Crippen LogP contribution in [0.1, 0.15) is 56.2 Å². The zero-order valence-electron chi connectivity index (χ0n) is 10.4. The van der Waals surface area contributed by atoms with Gasteiger partial charge in [0.25, 0.3) is 0 Å². The van der Waals surface area contributed by atoms with Crippen molar-refractivity contribution in [1.29, 1.82) is 0 Å². The van der Waals surface area contributed by atoms with Crippen LogP contribution >= 0.6 is 11.3 Å². The van der Waals surface area contributed by atoms with E-state index in [2.05, 4.69) is 32.9 Å². The van der Waals surface area contributed by atoms with Gasteiger partial charge in [0.05, 0.1) is 0 Å². The molecule has 1 rings (SSSR count). The number of aryl methyl sites for hydroxylation is 1. The van der Waals surface area contributed by atoms with E-state index in [1.807, 2.05) is 11.3 Å². The quantitative estimate of drug-likeness (QED) is 0.567. The van der Waals surface area contributed by atoms with Crippen molar-refractivity contribution in [2.45, 2.75) is 59.3 Å². The first-order valence-electron chi connectivity index (χ1n) is 6.30. The highest BCUT2D eigenvalue weighted by atomic mass is 32.1. The highest BCUT2D eigenvalue weighted by Gasteiger charge is 2.02. The summed E-state index contributed by atoms with van der Waals surface area (Å²) in [7, 11) is 0. The van der Waals surface area contributed by atoms with Crippen molar-refractivity contribution in [1.82, 2.24) is 0 Å². The number of thiophene rings is 1. The molecule has 0 aromatic carbocycles. The minimum absolute atomic E-state index is 0.789. The highest BCUT2D eigenvalue weighted by Crippen LogP contribution is 2.21. The fraction of sp³-hybridized carbons (Fsp3) is 0.714. The van der Waals surface area contributed by atoms with Crippen LogP contribution in [0, 0.1) is 5.92 Å². The summed E-state index contributed by atoms with van der Waals surface area (Å²) < 4.78 is 0. The average Bonchev–Trinajstić information content (AvgIpc) is 2.59. The lowest BCUT2D eigenvalue weighted by Crippen LogP contribution is -1.89. The van der Waals surface area contributed by atoms with Gasteiger partial charge in [-0.3, -0.25) is 0 Å². The molecule has 15 heavy (non-hydrogen) atoms. The van der Waals surface area contributed by atoms with Crippen molar-refractivity contribution in [2.24, 2.45) is 5.92 Å². The van der Waals surface area contributed by atoms with Gasteiger partial charge in [-0.15, -0.1) is 11.3 Å². The molecule has 0 spiro atoms. The molecule has 1 heterocycles. The number of hydrogen-bond donors (Lipinski definition) is 0. The molecule has 0 fully saturated rings. The first kappa shape index (κ1) is 12.8. The van der Waals surface area contributed by atoms with Crippen molar-refractivity contribution in [3.63, 3.8) is 0 Å². The zero-order valence-corrected chi connectivity index (χ0v) is 11.2. The molecule has 1 aromatic rings. The topological polar surface area (TPSA) is 0 Å². The van der Waals surface area contributed by atoms with Crippen LogP contribution < -0.4 is 0 Å². The fourth-order valence-electron chi connectivity index (χ4n) is 1.79. The molecule has 0 N–H and O–H groups in total. The lowest BCUT2D eigenvalue weighted by atomic mass is 10.1. The molecule has 0 unspecified atom stereocenters. The Bertz CT molecular complexity index is 260. The Hall–Kier alpha value is -0.300. The van der Waals surface area contributed by atoms with E-state index < -0.39 is 0 Å². The van der Waals surface area contributed by atoms with Crippen LogP contribution in [-0.4, -0.2) is 0 Å². The lowest BCUT2D eigenvalue weighted by Gasteiger charge is -2.00. The molecular weight excluding hydrogens is 200 g/mol. The summed E-state index contributed by atoms with van der Waals surface area (Å²) in [5, 5.41) is 0. The van der Waals surface area contributed by atoms with Gasteiger partial charge in [0, 0.05) is 9.75 Å². The largest absolute Gasteiger partial charge is 0.145 e. The van der Waals surface area contributed by atoms with Crippen molar-refractivity contribution < 1.29 is 0 Å². The number of unbranched alkanes of at least 4 members (excludes halogenated alkanes) is 3. The van der Waals surface area contributed by atoms with Crippen molar-refractivity contribution in [2.75, 3.05) is 0 Å². The van der Waals surface area contributed by atoms with Crippen LogP contribution in [0.4, 0.5) is 0 Å². The maximum absolute atomic E-state index is 2.33. The Balaban J connectivity index is 2.26. The van der Waals surface area contributed by atoms with Crippen molar-refractivity contribution in [3.8, 4) is 0 Å². The third-order valence-corrected chi connectivity index (χ3v) is 3.77. The normalized spacial score (nSPS) is 11.2. The third kappa shape index (κ3) is 5.36. The number of hydrogen-bond acceptors (Lipinski definition) is 1. The van der Waals surface area contributed by atoms with Gasteiger partial charge in [0.15, 0.2) is 0 Å². The van der Waals surface area contributed by atoms with Crippen molar-refractivity contribution >= 4 is 11.3 Å². The summed E-state index contributed by atoms with van der Waals surface area (Å²) in [6.07, 6.45) is 8.04. The van der Waals surface area contributed by atoms with Gasteiger partial charge in [0.1, 0.15) is 0 Å². The van der Waals surface area contributed by atoms with Crippen LogP contribution in [0.3, 0.4) is 0 Å². The molecule has 0 aliphatic rings. The monoisotopic (exact) mass is 224 g/mol. The van der Waals surface area contributed by atoms with Gasteiger partial charge in [-0.25, -0.2) is 0 Å². The van der Waals surface area contributed by atoms with E-state index in [1.165, 1.54) is 38.5 Å². The lowest BCUT2D eigenvalue weighted by molar-refractivity contribution is 0.654. The summed E-state index contributed by atoms with van der Waals surface area (Å²) in [6.45, 7) is 6.85. The van der Waals surface area contributed by atoms with E-state index in [0.29, 0.717) is 0 Å². The Morgan fingerprint density at radius 1 is 1.07 bits per heavy atom. The summed E-state index contributed by atoms with van der Waals surface area (Å²) in [5.74, 6) is 0.789. The van der Waals surface area contributed by atoms with Gasteiger partial charge in [-0.05, 0) is 37.3 Å². The zero-order chi connectivity index (χ0) is 11.1. The van der Waals surface area contributed by atoms with E-state index in [9.17, 15) is 0 Å². The van der Waals surface area contributed by atoms with Gasteiger partial charge >= 0.3 is 0 Å². The molecule has 0 atom stereocenters. The molecule has 0 aliphatic heterocycles. The molecule has 0 nitrogen and oxygen atoms in total. The van der Waals surface area contributed by atoms with Crippen LogP contribution in [0.5, 0.6) is 0 Å². The standard InChI is InChI=1S/C14H24S/c1-4-5-6-7-8-13-9-10-14(15-13)11-12(2)3/h9-10,12H,4-8,11H2,1-3H3. The maximum atomic E-state index is 2.33. The molecule has 86 valence electrons. The second-order valence-electron chi connectivity index (χ2n) is 4.78. The first-order chi connectivity index (χ1) is 7.22. The maximum Gasteiger partial charge on any atom is 0.00507 e. The van der Waals surface area contributed by atoms with E-state index in [-0.39, 0.29) is 0 Å². The molecule has 0 saturated carbocycles. The second kappa shape index (κ2) is 7.05. The van der Waals surface area contributed by atoms with E-state index in [0.717, 1.165) is 5.92 Å². The smallest absolute Gasteiger partial charge is 0.00507 e. The van der Waals surface area contributed by atoms with Crippen LogP contribution in [0.15, 0.2) is 12.1 Å². The molecule has 0 amide bonds. The van der Waals surface area contributed by atoms with Gasteiger partial charge < -0.3 is 0 Å². The summed E-state index contributed by atoms with van der Waals surface area (Å²) >= 11 is 2.02. The van der Waals surface area contributed by atoms with Crippen LogP contribution in [-0.2, 0) is 12.8 Å². The SMILES string of the molecule is CCCCCCc1ccc(CC(C)C)s1. The predicted molar refractivity (Wildman–Crippen MR) is 70.7 cm³/mol. The van der Waals surface area contributed by atoms with Gasteiger partial charge in [-0.1, -0.05) is 40.0 Å². The van der Waals surface area contributed by atoms with E-state index >= 15 is 0 Å². The minimum atomic E-state index is 0.789. The van der Waals surface area contributed by atoms with Crippen LogP contribution in [0.25, 0.3) is 0 Å². The molecular formula is C14H24S. The van der Waals surface area contributed by atoms with Crippen LogP contribution in [0.2, 0.25) is 0 Å². The third-order valence-electron chi connectivity index (χ3n) is 2.60. The molecule has 0 aliphatic carbocycles. The Morgan fingerprint density at radius 2 is 1.80 bits per heavy atom. The summed E-state index contributed by atoms with van der Waals surface area (Å²) in [5.41, 5.74) is 0.